The Labute approximate surface area is 164 Å². The molecule has 0 aliphatic rings. The SMILES string of the molecule is CCOc1cc(CNCCCO)cc(Br)c1OCc1ccccc1.Cl. The largest absolute Gasteiger partial charge is 0.490 e. The van der Waals surface area contributed by atoms with Crippen molar-refractivity contribution in [3.8, 4) is 11.5 Å². The standard InChI is InChI=1S/C19H24BrNO3.ClH/c1-2-23-18-12-16(13-21-9-6-10-22)11-17(20)19(18)24-14-15-7-4-3-5-8-15;/h3-5,7-8,11-12,21-22H,2,6,9-10,13-14H2,1H3;1H. The predicted octanol–water partition coefficient (Wildman–Crippen LogP) is 4.32. The van der Waals surface area contributed by atoms with Crippen molar-refractivity contribution in [3.63, 3.8) is 0 Å². The quantitative estimate of drug-likeness (QED) is 0.551. The van der Waals surface area contributed by atoms with E-state index in [0.717, 1.165) is 46.6 Å². The Kier molecular flexibility index (Phi) is 10.6. The summed E-state index contributed by atoms with van der Waals surface area (Å²) in [5, 5.41) is 12.1. The second kappa shape index (κ2) is 12.1. The maximum Gasteiger partial charge on any atom is 0.175 e. The second-order valence-electron chi connectivity index (χ2n) is 5.37. The van der Waals surface area contributed by atoms with Crippen molar-refractivity contribution in [2.45, 2.75) is 26.5 Å². The molecule has 0 unspecified atom stereocenters. The molecule has 2 aromatic carbocycles. The summed E-state index contributed by atoms with van der Waals surface area (Å²) in [7, 11) is 0. The molecule has 0 saturated carbocycles. The molecular formula is C19H25BrClNO3. The number of hydrogen-bond donors (Lipinski definition) is 2. The Morgan fingerprint density at radius 3 is 2.52 bits per heavy atom. The van der Waals surface area contributed by atoms with Crippen LogP contribution in [0, 0.1) is 0 Å². The van der Waals surface area contributed by atoms with E-state index < -0.39 is 0 Å². The first kappa shape index (κ1) is 21.8. The Morgan fingerprint density at radius 1 is 1.08 bits per heavy atom. The van der Waals surface area contributed by atoms with Gasteiger partial charge in [-0.3, -0.25) is 0 Å². The van der Waals surface area contributed by atoms with Gasteiger partial charge in [0.2, 0.25) is 0 Å². The summed E-state index contributed by atoms with van der Waals surface area (Å²) in [6.45, 7) is 4.74. The summed E-state index contributed by atoms with van der Waals surface area (Å²) in [5.74, 6) is 1.46. The normalized spacial score (nSPS) is 10.2. The van der Waals surface area contributed by atoms with E-state index in [9.17, 15) is 0 Å². The zero-order valence-corrected chi connectivity index (χ0v) is 16.7. The van der Waals surface area contributed by atoms with Crippen LogP contribution in [-0.4, -0.2) is 24.9 Å². The van der Waals surface area contributed by atoms with Gasteiger partial charge in [0, 0.05) is 13.2 Å². The smallest absolute Gasteiger partial charge is 0.175 e. The van der Waals surface area contributed by atoms with E-state index in [-0.39, 0.29) is 19.0 Å². The molecule has 0 radical (unpaired) electrons. The van der Waals surface area contributed by atoms with Crippen LogP contribution in [-0.2, 0) is 13.2 Å². The maximum absolute atomic E-state index is 8.83. The van der Waals surface area contributed by atoms with Gasteiger partial charge in [0.1, 0.15) is 6.61 Å². The molecule has 0 aliphatic carbocycles. The first-order valence-corrected chi connectivity index (χ1v) is 8.97. The highest BCUT2D eigenvalue weighted by atomic mass is 79.9. The van der Waals surface area contributed by atoms with Gasteiger partial charge in [-0.15, -0.1) is 12.4 Å². The summed E-state index contributed by atoms with van der Waals surface area (Å²) in [4.78, 5) is 0. The zero-order chi connectivity index (χ0) is 17.2. The Hall–Kier alpha value is -1.27. The molecule has 0 amide bonds. The zero-order valence-electron chi connectivity index (χ0n) is 14.3. The molecule has 4 nitrogen and oxygen atoms in total. The number of hydrogen-bond acceptors (Lipinski definition) is 4. The fourth-order valence-electron chi connectivity index (χ4n) is 2.29. The molecular weight excluding hydrogens is 406 g/mol. The number of halogens is 2. The van der Waals surface area contributed by atoms with E-state index in [1.54, 1.807) is 0 Å². The van der Waals surface area contributed by atoms with Crippen LogP contribution in [0.4, 0.5) is 0 Å². The van der Waals surface area contributed by atoms with Crippen molar-refractivity contribution in [3.05, 3.63) is 58.1 Å². The minimum atomic E-state index is 0. The molecule has 138 valence electrons. The number of aliphatic hydroxyl groups excluding tert-OH is 1. The summed E-state index contributed by atoms with van der Waals surface area (Å²) < 4.78 is 12.6. The average molecular weight is 431 g/mol. The molecule has 0 fully saturated rings. The van der Waals surface area contributed by atoms with Crippen molar-refractivity contribution in [1.82, 2.24) is 5.32 Å². The van der Waals surface area contributed by atoms with Gasteiger partial charge >= 0.3 is 0 Å². The lowest BCUT2D eigenvalue weighted by Crippen LogP contribution is -2.16. The molecule has 0 atom stereocenters. The first-order valence-electron chi connectivity index (χ1n) is 8.18. The predicted molar refractivity (Wildman–Crippen MR) is 107 cm³/mol. The fourth-order valence-corrected chi connectivity index (χ4v) is 2.90. The Balaban J connectivity index is 0.00000312. The highest BCUT2D eigenvalue weighted by molar-refractivity contribution is 9.10. The van der Waals surface area contributed by atoms with Gasteiger partial charge in [-0.25, -0.2) is 0 Å². The van der Waals surface area contributed by atoms with E-state index in [0.29, 0.717) is 13.2 Å². The van der Waals surface area contributed by atoms with Gasteiger partial charge in [0.25, 0.3) is 0 Å². The van der Waals surface area contributed by atoms with Gasteiger partial charge in [0.05, 0.1) is 11.1 Å². The second-order valence-corrected chi connectivity index (χ2v) is 6.22. The van der Waals surface area contributed by atoms with E-state index in [2.05, 4.69) is 21.2 Å². The summed E-state index contributed by atoms with van der Waals surface area (Å²) >= 11 is 3.59. The summed E-state index contributed by atoms with van der Waals surface area (Å²) in [5.41, 5.74) is 2.22. The monoisotopic (exact) mass is 429 g/mol. The highest BCUT2D eigenvalue weighted by Crippen LogP contribution is 2.37. The van der Waals surface area contributed by atoms with Crippen LogP contribution in [0.2, 0.25) is 0 Å². The topological polar surface area (TPSA) is 50.7 Å². The lowest BCUT2D eigenvalue weighted by molar-refractivity contribution is 0.267. The van der Waals surface area contributed by atoms with Gasteiger partial charge < -0.3 is 19.9 Å². The van der Waals surface area contributed by atoms with Crippen LogP contribution in [0.1, 0.15) is 24.5 Å². The van der Waals surface area contributed by atoms with Crippen molar-refractivity contribution in [2.24, 2.45) is 0 Å². The third-order valence-corrected chi connectivity index (χ3v) is 4.02. The van der Waals surface area contributed by atoms with Crippen LogP contribution in [0.5, 0.6) is 11.5 Å². The van der Waals surface area contributed by atoms with Crippen molar-refractivity contribution in [1.29, 1.82) is 0 Å². The van der Waals surface area contributed by atoms with Gasteiger partial charge in [-0.2, -0.15) is 0 Å². The number of ether oxygens (including phenoxy) is 2. The molecule has 2 rings (SSSR count). The van der Waals surface area contributed by atoms with Crippen LogP contribution >= 0.6 is 28.3 Å². The molecule has 2 N–H and O–H groups in total. The molecule has 25 heavy (non-hydrogen) atoms. The molecule has 0 bridgehead atoms. The van der Waals surface area contributed by atoms with Crippen LogP contribution in [0.15, 0.2) is 46.9 Å². The number of benzene rings is 2. The van der Waals surface area contributed by atoms with E-state index in [4.69, 9.17) is 14.6 Å². The summed E-state index contributed by atoms with van der Waals surface area (Å²) in [6.07, 6.45) is 0.748. The van der Waals surface area contributed by atoms with E-state index >= 15 is 0 Å². The Morgan fingerprint density at radius 2 is 1.84 bits per heavy atom. The molecule has 0 aliphatic heterocycles. The minimum absolute atomic E-state index is 0. The highest BCUT2D eigenvalue weighted by Gasteiger charge is 2.12. The molecule has 6 heteroatoms. The minimum Gasteiger partial charge on any atom is -0.490 e. The van der Waals surface area contributed by atoms with Gasteiger partial charge in [0.15, 0.2) is 11.5 Å². The number of aliphatic hydroxyl groups is 1. The van der Waals surface area contributed by atoms with Crippen molar-refractivity contribution < 1.29 is 14.6 Å². The lowest BCUT2D eigenvalue weighted by atomic mass is 10.2. The molecule has 0 aromatic heterocycles. The van der Waals surface area contributed by atoms with Crippen LogP contribution in [0.3, 0.4) is 0 Å². The first-order chi connectivity index (χ1) is 11.7. The third-order valence-electron chi connectivity index (χ3n) is 3.44. The molecule has 0 saturated heterocycles. The van der Waals surface area contributed by atoms with Crippen LogP contribution in [0.25, 0.3) is 0 Å². The number of rotatable bonds is 10. The average Bonchev–Trinajstić information content (AvgIpc) is 2.59. The van der Waals surface area contributed by atoms with E-state index in [1.165, 1.54) is 0 Å². The number of nitrogens with one attached hydrogen (secondary N) is 1. The Bertz CT molecular complexity index is 626. The van der Waals surface area contributed by atoms with Crippen LogP contribution < -0.4 is 14.8 Å². The fraction of sp³-hybridized carbons (Fsp3) is 0.368. The van der Waals surface area contributed by atoms with Gasteiger partial charge in [-0.05, 0) is 59.1 Å². The molecule has 0 heterocycles. The molecule has 2 aromatic rings. The summed E-state index contributed by atoms with van der Waals surface area (Å²) in [6, 6.07) is 14.1. The van der Waals surface area contributed by atoms with E-state index in [1.807, 2.05) is 49.4 Å². The third kappa shape index (κ3) is 7.24. The van der Waals surface area contributed by atoms with Crippen molar-refractivity contribution >= 4 is 28.3 Å². The maximum atomic E-state index is 8.83. The lowest BCUT2D eigenvalue weighted by Gasteiger charge is -2.16. The van der Waals surface area contributed by atoms with Gasteiger partial charge in [-0.1, -0.05) is 30.3 Å². The molecule has 0 spiro atoms. The van der Waals surface area contributed by atoms with Crippen molar-refractivity contribution in [2.75, 3.05) is 19.8 Å².